The van der Waals surface area contributed by atoms with E-state index in [0.29, 0.717) is 18.3 Å². The maximum absolute atomic E-state index is 12.5. The molecule has 1 aliphatic heterocycles. The van der Waals surface area contributed by atoms with Gasteiger partial charge < -0.3 is 19.1 Å². The molecule has 1 aliphatic rings. The van der Waals surface area contributed by atoms with Gasteiger partial charge in [-0.15, -0.1) is 10.2 Å². The number of nitrogens with zero attached hydrogens (tertiary/aromatic N) is 3. The number of aromatic nitrogens is 2. The summed E-state index contributed by atoms with van der Waals surface area (Å²) in [6.07, 6.45) is 6.08. The van der Waals surface area contributed by atoms with Gasteiger partial charge in [-0.25, -0.2) is 0 Å². The van der Waals surface area contributed by atoms with E-state index < -0.39 is 0 Å². The van der Waals surface area contributed by atoms with Gasteiger partial charge in [-0.3, -0.25) is 4.79 Å². The van der Waals surface area contributed by atoms with Crippen molar-refractivity contribution in [3.63, 3.8) is 0 Å². The highest BCUT2D eigenvalue weighted by Gasteiger charge is 2.22. The Bertz CT molecular complexity index is 1010. The van der Waals surface area contributed by atoms with Crippen LogP contribution in [0, 0.1) is 13.8 Å². The fourth-order valence-corrected chi connectivity index (χ4v) is 4.13. The third-order valence-electron chi connectivity index (χ3n) is 6.02. The number of fused-ring (bicyclic) bond motifs is 1. The number of aryl methyl sites for hydroxylation is 2. The zero-order valence-corrected chi connectivity index (χ0v) is 18.0. The van der Waals surface area contributed by atoms with Crippen molar-refractivity contribution in [3.05, 3.63) is 35.2 Å². The van der Waals surface area contributed by atoms with Crippen molar-refractivity contribution in [3.8, 4) is 11.7 Å². The average molecular weight is 411 g/mol. The molecule has 2 aromatic heterocycles. The molecule has 7 nitrogen and oxygen atoms in total. The average Bonchev–Trinajstić information content (AvgIpc) is 3.23. The minimum absolute atomic E-state index is 0.0385. The van der Waals surface area contributed by atoms with Crippen LogP contribution in [0.15, 0.2) is 27.0 Å². The summed E-state index contributed by atoms with van der Waals surface area (Å²) in [5, 5.41) is 11.9. The summed E-state index contributed by atoms with van der Waals surface area (Å²) in [6, 6.07) is 6.43. The van der Waals surface area contributed by atoms with Crippen LogP contribution in [0.4, 0.5) is 0 Å². The second-order valence-corrected chi connectivity index (χ2v) is 8.31. The molecule has 30 heavy (non-hydrogen) atoms. The Morgan fingerprint density at radius 3 is 2.67 bits per heavy atom. The smallest absolute Gasteiger partial charge is 0.308 e. The van der Waals surface area contributed by atoms with Gasteiger partial charge >= 0.3 is 11.8 Å². The predicted octanol–water partition coefficient (Wildman–Crippen LogP) is 4.48. The minimum Gasteiger partial charge on any atom is -0.451 e. The Kier molecular flexibility index (Phi) is 6.18. The Balaban J connectivity index is 1.37. The number of carbonyl (C=O) groups excluding carboxylic acids is 1. The molecule has 1 N–H and O–H groups in total. The molecule has 4 rings (SSSR count). The first-order chi connectivity index (χ1) is 14.5. The van der Waals surface area contributed by atoms with Gasteiger partial charge in [0.1, 0.15) is 5.58 Å². The van der Waals surface area contributed by atoms with Gasteiger partial charge in [0, 0.05) is 23.5 Å². The number of rotatable bonds is 6. The van der Waals surface area contributed by atoms with Crippen LogP contribution in [0.5, 0.6) is 0 Å². The van der Waals surface area contributed by atoms with Crippen molar-refractivity contribution in [2.45, 2.75) is 58.9 Å². The highest BCUT2D eigenvalue weighted by Crippen LogP contribution is 2.32. The first-order valence-electron chi connectivity index (χ1n) is 10.9. The molecule has 0 spiro atoms. The van der Waals surface area contributed by atoms with E-state index in [2.05, 4.69) is 33.4 Å². The number of carbonyl (C=O) groups is 1. The highest BCUT2D eigenvalue weighted by molar-refractivity contribution is 5.90. The Hall–Kier alpha value is -2.67. The third-order valence-corrected chi connectivity index (χ3v) is 6.02. The molecule has 160 valence electrons. The molecule has 7 heteroatoms. The Morgan fingerprint density at radius 1 is 1.13 bits per heavy atom. The van der Waals surface area contributed by atoms with Crippen molar-refractivity contribution in [1.82, 2.24) is 20.4 Å². The zero-order chi connectivity index (χ0) is 21.1. The summed E-state index contributed by atoms with van der Waals surface area (Å²) in [7, 11) is 0. The molecule has 3 aromatic rings. The summed E-state index contributed by atoms with van der Waals surface area (Å²) >= 11 is 0. The Labute approximate surface area is 176 Å². The summed E-state index contributed by atoms with van der Waals surface area (Å²) in [4.78, 5) is 15.0. The van der Waals surface area contributed by atoms with Crippen molar-refractivity contribution < 1.29 is 13.6 Å². The van der Waals surface area contributed by atoms with Crippen LogP contribution in [-0.2, 0) is 0 Å². The number of nitrogens with one attached hydrogen (secondary N) is 1. The molecule has 3 heterocycles. The van der Waals surface area contributed by atoms with E-state index in [1.807, 2.05) is 26.0 Å². The topological polar surface area (TPSA) is 84.4 Å². The molecular formula is C23H30N4O3. The van der Waals surface area contributed by atoms with E-state index >= 15 is 0 Å². The molecule has 1 fully saturated rings. The molecule has 0 aliphatic carbocycles. The van der Waals surface area contributed by atoms with Crippen molar-refractivity contribution in [2.75, 3.05) is 19.6 Å². The first kappa shape index (κ1) is 20.6. The molecule has 1 saturated heterocycles. The number of hydrogen-bond donors (Lipinski definition) is 1. The van der Waals surface area contributed by atoms with Gasteiger partial charge in [0.15, 0.2) is 5.76 Å². The molecule has 1 aromatic carbocycles. The summed E-state index contributed by atoms with van der Waals surface area (Å²) in [6.45, 7) is 9.10. The second kappa shape index (κ2) is 9.00. The quantitative estimate of drug-likeness (QED) is 0.645. The zero-order valence-electron chi connectivity index (χ0n) is 18.0. The summed E-state index contributed by atoms with van der Waals surface area (Å²) in [5.74, 6) is 0.353. The van der Waals surface area contributed by atoms with Crippen LogP contribution < -0.4 is 5.32 Å². The summed E-state index contributed by atoms with van der Waals surface area (Å²) < 4.78 is 11.5. The maximum Gasteiger partial charge on any atom is 0.308 e. The lowest BCUT2D eigenvalue weighted by molar-refractivity contribution is 0.0914. The van der Waals surface area contributed by atoms with E-state index in [9.17, 15) is 4.79 Å². The lowest BCUT2D eigenvalue weighted by Crippen LogP contribution is -2.37. The van der Waals surface area contributed by atoms with Crippen molar-refractivity contribution in [2.24, 2.45) is 0 Å². The number of hydrogen-bond acceptors (Lipinski definition) is 6. The standard InChI is InChI=1S/C23H30N4O3/c1-15-8-9-19-18(14-15)17(3)20(29-19)22-25-26-23(30-22)21(28)24-11-10-16(2)27-12-6-4-5-7-13-27/h8-9,14,16H,4-7,10-13H2,1-3H3,(H,24,28)/t16-/m1/s1. The monoisotopic (exact) mass is 410 g/mol. The number of likely N-dealkylation sites (tertiary alicyclic amines) is 1. The van der Waals surface area contributed by atoms with Crippen molar-refractivity contribution >= 4 is 16.9 Å². The van der Waals surface area contributed by atoms with Gasteiger partial charge in [0.2, 0.25) is 0 Å². The fourth-order valence-electron chi connectivity index (χ4n) is 4.13. The van der Waals surface area contributed by atoms with Crippen LogP contribution in [0.3, 0.4) is 0 Å². The van der Waals surface area contributed by atoms with Gasteiger partial charge in [-0.05, 0) is 65.3 Å². The molecule has 0 radical (unpaired) electrons. The highest BCUT2D eigenvalue weighted by atomic mass is 16.4. The van der Waals surface area contributed by atoms with Crippen LogP contribution in [0.2, 0.25) is 0 Å². The van der Waals surface area contributed by atoms with E-state index in [4.69, 9.17) is 8.83 Å². The number of furan rings is 1. The van der Waals surface area contributed by atoms with E-state index in [1.165, 1.54) is 25.7 Å². The van der Waals surface area contributed by atoms with Gasteiger partial charge in [0.25, 0.3) is 5.89 Å². The fraction of sp³-hybridized carbons (Fsp3) is 0.522. The number of benzene rings is 1. The van der Waals surface area contributed by atoms with Crippen LogP contribution >= 0.6 is 0 Å². The molecule has 1 amide bonds. The molecule has 0 unspecified atom stereocenters. The van der Waals surface area contributed by atoms with E-state index in [0.717, 1.165) is 41.6 Å². The van der Waals surface area contributed by atoms with Gasteiger partial charge in [0.05, 0.1) is 0 Å². The lowest BCUT2D eigenvalue weighted by atomic mass is 10.1. The van der Waals surface area contributed by atoms with Crippen LogP contribution in [0.1, 0.15) is 60.8 Å². The van der Waals surface area contributed by atoms with Crippen molar-refractivity contribution in [1.29, 1.82) is 0 Å². The molecule has 0 saturated carbocycles. The van der Waals surface area contributed by atoms with Gasteiger partial charge in [-0.2, -0.15) is 0 Å². The van der Waals surface area contributed by atoms with Crippen LogP contribution in [0.25, 0.3) is 22.6 Å². The van der Waals surface area contributed by atoms with Gasteiger partial charge in [-0.1, -0.05) is 24.5 Å². The van der Waals surface area contributed by atoms with Crippen LogP contribution in [-0.4, -0.2) is 46.7 Å². The predicted molar refractivity (Wildman–Crippen MR) is 115 cm³/mol. The summed E-state index contributed by atoms with van der Waals surface area (Å²) in [5.41, 5.74) is 2.84. The SMILES string of the molecule is Cc1ccc2oc(-c3nnc(C(=O)NCC[C@@H](C)N4CCCCCC4)o3)c(C)c2c1. The third kappa shape index (κ3) is 4.41. The molecule has 0 bridgehead atoms. The normalized spacial score (nSPS) is 16.5. The van der Waals surface area contributed by atoms with E-state index in [-0.39, 0.29) is 17.7 Å². The second-order valence-electron chi connectivity index (χ2n) is 8.31. The lowest BCUT2D eigenvalue weighted by Gasteiger charge is -2.27. The number of amides is 1. The Morgan fingerprint density at radius 2 is 1.90 bits per heavy atom. The maximum atomic E-state index is 12.5. The largest absolute Gasteiger partial charge is 0.451 e. The first-order valence-corrected chi connectivity index (χ1v) is 10.9. The molecular weight excluding hydrogens is 380 g/mol. The minimum atomic E-state index is -0.346. The van der Waals surface area contributed by atoms with E-state index in [1.54, 1.807) is 0 Å². The molecule has 1 atom stereocenters.